The second-order valence-electron chi connectivity index (χ2n) is 4.25. The van der Waals surface area contributed by atoms with E-state index in [1.165, 1.54) is 6.54 Å². The van der Waals surface area contributed by atoms with Crippen molar-refractivity contribution in [2.75, 3.05) is 13.6 Å². The maximum absolute atomic E-state index is 2.43. The van der Waals surface area contributed by atoms with Gasteiger partial charge < -0.3 is 0 Å². The molecule has 0 aromatic rings. The molecule has 1 heterocycles. The Morgan fingerprint density at radius 2 is 1.70 bits per heavy atom. The van der Waals surface area contributed by atoms with Crippen LogP contribution >= 0.6 is 0 Å². The first kappa shape index (κ1) is 8.06. The van der Waals surface area contributed by atoms with Crippen LogP contribution < -0.4 is 0 Å². The summed E-state index contributed by atoms with van der Waals surface area (Å²) in [6.07, 6.45) is 0. The fourth-order valence-corrected chi connectivity index (χ4v) is 1.65. The van der Waals surface area contributed by atoms with Crippen molar-refractivity contribution >= 4 is 0 Å². The molecular formula is C9H19N. The predicted octanol–water partition coefficient (Wildman–Crippen LogP) is 1.98. The molecule has 1 aliphatic heterocycles. The van der Waals surface area contributed by atoms with E-state index in [0.29, 0.717) is 5.54 Å². The van der Waals surface area contributed by atoms with Gasteiger partial charge in [0.15, 0.2) is 0 Å². The SMILES string of the molecule is CC(C)C(C)C1(C)CN1C. The van der Waals surface area contributed by atoms with Gasteiger partial charge in [-0.15, -0.1) is 0 Å². The van der Waals surface area contributed by atoms with E-state index in [9.17, 15) is 0 Å². The zero-order valence-corrected chi connectivity index (χ0v) is 7.81. The minimum atomic E-state index is 0.522. The Bertz CT molecular complexity index is 131. The van der Waals surface area contributed by atoms with Crippen molar-refractivity contribution in [1.29, 1.82) is 0 Å². The summed E-state index contributed by atoms with van der Waals surface area (Å²) in [5.74, 6) is 1.65. The molecule has 3 unspecified atom stereocenters. The lowest BCUT2D eigenvalue weighted by Crippen LogP contribution is -2.26. The molecule has 1 heteroatoms. The first-order valence-electron chi connectivity index (χ1n) is 4.19. The van der Waals surface area contributed by atoms with Gasteiger partial charge in [0.2, 0.25) is 0 Å². The second-order valence-corrected chi connectivity index (χ2v) is 4.25. The fourth-order valence-electron chi connectivity index (χ4n) is 1.65. The Morgan fingerprint density at radius 3 is 1.80 bits per heavy atom. The molecule has 0 radical (unpaired) electrons. The second kappa shape index (κ2) is 2.23. The zero-order chi connectivity index (χ0) is 7.94. The summed E-state index contributed by atoms with van der Waals surface area (Å²) in [4.78, 5) is 2.43. The Morgan fingerprint density at radius 1 is 1.30 bits per heavy atom. The summed E-state index contributed by atoms with van der Waals surface area (Å²) in [6.45, 7) is 10.6. The maximum atomic E-state index is 2.43. The van der Waals surface area contributed by atoms with Crippen LogP contribution in [0, 0.1) is 11.8 Å². The van der Waals surface area contributed by atoms with E-state index in [4.69, 9.17) is 0 Å². The first-order valence-corrected chi connectivity index (χ1v) is 4.19. The van der Waals surface area contributed by atoms with E-state index in [1.807, 2.05) is 0 Å². The smallest absolute Gasteiger partial charge is 0.0334 e. The van der Waals surface area contributed by atoms with E-state index in [-0.39, 0.29) is 0 Å². The summed E-state index contributed by atoms with van der Waals surface area (Å²) in [5, 5.41) is 0. The zero-order valence-electron chi connectivity index (χ0n) is 7.81. The molecule has 0 aromatic heterocycles. The number of likely N-dealkylation sites (N-methyl/N-ethyl adjacent to an activating group) is 1. The van der Waals surface area contributed by atoms with Crippen molar-refractivity contribution in [2.24, 2.45) is 11.8 Å². The highest BCUT2D eigenvalue weighted by atomic mass is 15.3. The highest BCUT2D eigenvalue weighted by Crippen LogP contribution is 2.40. The fraction of sp³-hybridized carbons (Fsp3) is 1.00. The number of hydrogen-bond donors (Lipinski definition) is 0. The third-order valence-electron chi connectivity index (χ3n) is 3.31. The summed E-state index contributed by atoms with van der Waals surface area (Å²) < 4.78 is 0. The molecular weight excluding hydrogens is 122 g/mol. The van der Waals surface area contributed by atoms with Crippen LogP contribution in [0.25, 0.3) is 0 Å². The highest BCUT2D eigenvalue weighted by Gasteiger charge is 2.49. The molecule has 0 bridgehead atoms. The monoisotopic (exact) mass is 141 g/mol. The van der Waals surface area contributed by atoms with E-state index >= 15 is 0 Å². The molecule has 0 N–H and O–H groups in total. The molecule has 1 rings (SSSR count). The third kappa shape index (κ3) is 1.07. The molecule has 0 amide bonds. The molecule has 0 saturated carbocycles. The van der Waals surface area contributed by atoms with Crippen molar-refractivity contribution in [1.82, 2.24) is 4.90 Å². The van der Waals surface area contributed by atoms with E-state index in [2.05, 4.69) is 39.6 Å². The first-order chi connectivity index (χ1) is 4.48. The van der Waals surface area contributed by atoms with Gasteiger partial charge in [0.1, 0.15) is 0 Å². The van der Waals surface area contributed by atoms with E-state index in [1.54, 1.807) is 0 Å². The van der Waals surface area contributed by atoms with Crippen LogP contribution in [0.15, 0.2) is 0 Å². The summed E-state index contributed by atoms with van der Waals surface area (Å²) >= 11 is 0. The van der Waals surface area contributed by atoms with Crippen LogP contribution in [0.3, 0.4) is 0 Å². The van der Waals surface area contributed by atoms with Crippen LogP contribution in [0.2, 0.25) is 0 Å². The lowest BCUT2D eigenvalue weighted by molar-refractivity contribution is 0.285. The largest absolute Gasteiger partial charge is 0.298 e. The van der Waals surface area contributed by atoms with Gasteiger partial charge in [0.05, 0.1) is 0 Å². The minimum Gasteiger partial charge on any atom is -0.298 e. The molecule has 1 aliphatic rings. The quantitative estimate of drug-likeness (QED) is 0.531. The van der Waals surface area contributed by atoms with E-state index in [0.717, 1.165) is 11.8 Å². The summed E-state index contributed by atoms with van der Waals surface area (Å²) in [7, 11) is 2.21. The van der Waals surface area contributed by atoms with Crippen LogP contribution in [0.4, 0.5) is 0 Å². The molecule has 0 aromatic carbocycles. The highest BCUT2D eigenvalue weighted by molar-refractivity contribution is 5.05. The average Bonchev–Trinajstić information content (AvgIpc) is 2.41. The molecule has 60 valence electrons. The van der Waals surface area contributed by atoms with Crippen molar-refractivity contribution in [3.05, 3.63) is 0 Å². The van der Waals surface area contributed by atoms with Gasteiger partial charge in [-0.1, -0.05) is 20.8 Å². The number of rotatable bonds is 2. The Labute approximate surface area is 64.4 Å². The third-order valence-corrected chi connectivity index (χ3v) is 3.31. The summed E-state index contributed by atoms with van der Waals surface area (Å²) in [5.41, 5.74) is 0.522. The standard InChI is InChI=1S/C9H19N/c1-7(2)8(3)9(4)6-10(9)5/h7-8H,6H2,1-5H3. The number of nitrogens with zero attached hydrogens (tertiary/aromatic N) is 1. The Kier molecular flexibility index (Phi) is 1.80. The normalized spacial score (nSPS) is 42.0. The lowest BCUT2D eigenvalue weighted by Gasteiger charge is -2.22. The van der Waals surface area contributed by atoms with Crippen LogP contribution in [-0.2, 0) is 0 Å². The maximum Gasteiger partial charge on any atom is 0.0334 e. The van der Waals surface area contributed by atoms with Gasteiger partial charge in [-0.2, -0.15) is 0 Å². The molecule has 3 atom stereocenters. The molecule has 0 aliphatic carbocycles. The average molecular weight is 141 g/mol. The van der Waals surface area contributed by atoms with Crippen LogP contribution in [0.5, 0.6) is 0 Å². The molecule has 0 spiro atoms. The topological polar surface area (TPSA) is 3.01 Å². The van der Waals surface area contributed by atoms with Crippen molar-refractivity contribution in [3.63, 3.8) is 0 Å². The van der Waals surface area contributed by atoms with Gasteiger partial charge in [-0.25, -0.2) is 0 Å². The van der Waals surface area contributed by atoms with Gasteiger partial charge in [0.25, 0.3) is 0 Å². The lowest BCUT2D eigenvalue weighted by atomic mass is 9.86. The molecule has 10 heavy (non-hydrogen) atoms. The molecule has 1 nitrogen and oxygen atoms in total. The van der Waals surface area contributed by atoms with Gasteiger partial charge in [-0.3, -0.25) is 4.90 Å². The van der Waals surface area contributed by atoms with Crippen LogP contribution in [-0.4, -0.2) is 24.0 Å². The van der Waals surface area contributed by atoms with Crippen molar-refractivity contribution in [3.8, 4) is 0 Å². The molecule has 1 fully saturated rings. The van der Waals surface area contributed by atoms with Crippen LogP contribution in [0.1, 0.15) is 27.7 Å². The Balaban J connectivity index is 2.50. The van der Waals surface area contributed by atoms with Gasteiger partial charge in [-0.05, 0) is 25.8 Å². The van der Waals surface area contributed by atoms with Gasteiger partial charge >= 0.3 is 0 Å². The van der Waals surface area contributed by atoms with Gasteiger partial charge in [0, 0.05) is 12.1 Å². The van der Waals surface area contributed by atoms with Crippen molar-refractivity contribution < 1.29 is 0 Å². The number of hydrogen-bond acceptors (Lipinski definition) is 1. The van der Waals surface area contributed by atoms with E-state index < -0.39 is 0 Å². The Hall–Kier alpha value is -0.0400. The van der Waals surface area contributed by atoms with Crippen molar-refractivity contribution in [2.45, 2.75) is 33.2 Å². The minimum absolute atomic E-state index is 0.522. The predicted molar refractivity (Wildman–Crippen MR) is 45.0 cm³/mol. The summed E-state index contributed by atoms with van der Waals surface area (Å²) in [6, 6.07) is 0. The molecule has 1 saturated heterocycles.